The third-order valence-electron chi connectivity index (χ3n) is 4.63. The van der Waals surface area contributed by atoms with Crippen molar-refractivity contribution in [2.75, 3.05) is 5.32 Å². The van der Waals surface area contributed by atoms with Crippen LogP contribution in [0, 0.1) is 5.82 Å². The van der Waals surface area contributed by atoms with E-state index in [0.29, 0.717) is 23.0 Å². The molecule has 4 rings (SSSR count). The monoisotopic (exact) mass is 354 g/mol. The van der Waals surface area contributed by atoms with Gasteiger partial charge in [-0.1, -0.05) is 18.9 Å². The van der Waals surface area contributed by atoms with Gasteiger partial charge in [-0.05, 0) is 31.0 Å². The molecule has 0 bridgehead atoms. The minimum Gasteiger partial charge on any atom is -0.451 e. The van der Waals surface area contributed by atoms with Crippen molar-refractivity contribution in [2.45, 2.75) is 31.7 Å². The molecular formula is C19H19FN4O2. The maximum atomic E-state index is 13.3. The van der Waals surface area contributed by atoms with Crippen LogP contribution in [0.1, 0.15) is 25.7 Å². The highest BCUT2D eigenvalue weighted by atomic mass is 19.1. The first-order valence-corrected chi connectivity index (χ1v) is 8.67. The molecule has 0 amide bonds. The van der Waals surface area contributed by atoms with Crippen molar-refractivity contribution >= 4 is 17.0 Å². The second-order valence-electron chi connectivity index (χ2n) is 6.53. The van der Waals surface area contributed by atoms with Gasteiger partial charge in [0.25, 0.3) is 5.56 Å². The van der Waals surface area contributed by atoms with Crippen molar-refractivity contribution in [2.24, 2.45) is 7.05 Å². The zero-order valence-corrected chi connectivity index (χ0v) is 14.4. The van der Waals surface area contributed by atoms with Gasteiger partial charge in [-0.15, -0.1) is 0 Å². The molecule has 0 saturated heterocycles. The van der Waals surface area contributed by atoms with Crippen LogP contribution in [0.25, 0.3) is 11.0 Å². The number of nitrogens with one attached hydrogen (secondary N) is 1. The lowest BCUT2D eigenvalue weighted by Crippen LogP contribution is -2.21. The van der Waals surface area contributed by atoms with Crippen LogP contribution in [0.3, 0.4) is 0 Å². The normalized spacial score (nSPS) is 14.7. The lowest BCUT2D eigenvalue weighted by Gasteiger charge is -2.13. The third-order valence-corrected chi connectivity index (χ3v) is 4.63. The second kappa shape index (κ2) is 6.74. The minimum atomic E-state index is -0.425. The first-order chi connectivity index (χ1) is 12.6. The molecule has 134 valence electrons. The SMILES string of the molecule is Cn1c(=O)c(Oc2cccc(F)c2)cc2cnc(NC3CCCC3)nc21. The molecule has 7 heteroatoms. The fourth-order valence-corrected chi connectivity index (χ4v) is 3.27. The molecule has 1 aliphatic rings. The van der Waals surface area contributed by atoms with E-state index in [2.05, 4.69) is 15.3 Å². The van der Waals surface area contributed by atoms with Crippen LogP contribution in [-0.2, 0) is 7.05 Å². The fraction of sp³-hybridized carbons (Fsp3) is 0.316. The first-order valence-electron chi connectivity index (χ1n) is 8.67. The topological polar surface area (TPSA) is 69.0 Å². The molecule has 26 heavy (non-hydrogen) atoms. The van der Waals surface area contributed by atoms with E-state index in [0.717, 1.165) is 12.8 Å². The number of benzene rings is 1. The molecule has 1 aromatic carbocycles. The highest BCUT2D eigenvalue weighted by molar-refractivity contribution is 5.76. The van der Waals surface area contributed by atoms with Crippen LogP contribution in [0.15, 0.2) is 41.3 Å². The third kappa shape index (κ3) is 3.24. The highest BCUT2D eigenvalue weighted by Crippen LogP contribution is 2.24. The molecule has 6 nitrogen and oxygen atoms in total. The Hall–Kier alpha value is -2.96. The van der Waals surface area contributed by atoms with E-state index in [9.17, 15) is 9.18 Å². The number of fused-ring (bicyclic) bond motifs is 1. The first kappa shape index (κ1) is 16.5. The molecule has 0 aliphatic heterocycles. The molecular weight excluding hydrogens is 335 g/mol. The summed E-state index contributed by atoms with van der Waals surface area (Å²) in [6.07, 6.45) is 6.31. The number of anilines is 1. The molecule has 1 fully saturated rings. The molecule has 0 spiro atoms. The second-order valence-corrected chi connectivity index (χ2v) is 6.53. The van der Waals surface area contributed by atoms with Crippen LogP contribution in [0.4, 0.5) is 10.3 Å². The molecule has 0 atom stereocenters. The minimum absolute atomic E-state index is 0.103. The quantitative estimate of drug-likeness (QED) is 0.775. The van der Waals surface area contributed by atoms with E-state index in [-0.39, 0.29) is 17.1 Å². The Morgan fingerprint density at radius 1 is 1.27 bits per heavy atom. The van der Waals surface area contributed by atoms with Gasteiger partial charge in [-0.3, -0.25) is 9.36 Å². The van der Waals surface area contributed by atoms with E-state index < -0.39 is 5.82 Å². The Labute approximate surface area is 149 Å². The van der Waals surface area contributed by atoms with Gasteiger partial charge in [0.1, 0.15) is 17.2 Å². The maximum Gasteiger partial charge on any atom is 0.294 e. The Kier molecular flexibility index (Phi) is 4.28. The summed E-state index contributed by atoms with van der Waals surface area (Å²) in [6.45, 7) is 0. The van der Waals surface area contributed by atoms with E-state index in [4.69, 9.17) is 4.74 Å². The van der Waals surface area contributed by atoms with Gasteiger partial charge in [0, 0.05) is 30.7 Å². The summed E-state index contributed by atoms with van der Waals surface area (Å²) in [5, 5.41) is 4.01. The Morgan fingerprint density at radius 2 is 2.08 bits per heavy atom. The zero-order chi connectivity index (χ0) is 18.1. The fourth-order valence-electron chi connectivity index (χ4n) is 3.27. The summed E-state index contributed by atoms with van der Waals surface area (Å²) in [6, 6.07) is 7.65. The van der Waals surface area contributed by atoms with E-state index in [1.54, 1.807) is 25.4 Å². The van der Waals surface area contributed by atoms with Crippen molar-refractivity contribution in [3.8, 4) is 11.5 Å². The lowest BCUT2D eigenvalue weighted by molar-refractivity contribution is 0.466. The van der Waals surface area contributed by atoms with Crippen LogP contribution in [0.2, 0.25) is 0 Å². The van der Waals surface area contributed by atoms with Gasteiger partial charge in [0.15, 0.2) is 5.75 Å². The van der Waals surface area contributed by atoms with E-state index in [1.165, 1.54) is 35.6 Å². The van der Waals surface area contributed by atoms with E-state index >= 15 is 0 Å². The number of hydrogen-bond donors (Lipinski definition) is 1. The average Bonchev–Trinajstić information content (AvgIpc) is 3.13. The highest BCUT2D eigenvalue weighted by Gasteiger charge is 2.17. The summed E-state index contributed by atoms with van der Waals surface area (Å²) in [5.41, 5.74) is 0.185. The number of aromatic nitrogens is 3. The Balaban J connectivity index is 1.68. The Bertz CT molecular complexity index is 1010. The number of hydrogen-bond acceptors (Lipinski definition) is 5. The van der Waals surface area contributed by atoms with Crippen LogP contribution in [-0.4, -0.2) is 20.6 Å². The zero-order valence-electron chi connectivity index (χ0n) is 14.4. The predicted octanol–water partition coefficient (Wildman–Crippen LogP) is 3.61. The molecule has 1 aliphatic carbocycles. The van der Waals surface area contributed by atoms with Crippen LogP contribution in [0.5, 0.6) is 11.5 Å². The van der Waals surface area contributed by atoms with E-state index in [1.807, 2.05) is 0 Å². The molecule has 1 N–H and O–H groups in total. The van der Waals surface area contributed by atoms with Gasteiger partial charge in [0.05, 0.1) is 0 Å². The van der Waals surface area contributed by atoms with Gasteiger partial charge in [-0.25, -0.2) is 9.37 Å². The number of ether oxygens (including phenoxy) is 1. The van der Waals surface area contributed by atoms with Crippen LogP contribution >= 0.6 is 0 Å². The molecule has 2 heterocycles. The number of nitrogens with zero attached hydrogens (tertiary/aromatic N) is 3. The lowest BCUT2D eigenvalue weighted by atomic mass is 10.2. The van der Waals surface area contributed by atoms with Crippen molar-refractivity contribution in [1.29, 1.82) is 0 Å². The summed E-state index contributed by atoms with van der Waals surface area (Å²) in [7, 11) is 1.63. The largest absolute Gasteiger partial charge is 0.451 e. The molecule has 3 aromatic rings. The molecule has 0 unspecified atom stereocenters. The number of rotatable bonds is 4. The Morgan fingerprint density at radius 3 is 2.85 bits per heavy atom. The molecule has 1 saturated carbocycles. The van der Waals surface area contributed by atoms with Gasteiger partial charge >= 0.3 is 0 Å². The van der Waals surface area contributed by atoms with Gasteiger partial charge in [-0.2, -0.15) is 4.98 Å². The van der Waals surface area contributed by atoms with Crippen molar-refractivity contribution in [1.82, 2.24) is 14.5 Å². The van der Waals surface area contributed by atoms with Gasteiger partial charge in [0.2, 0.25) is 5.95 Å². The standard InChI is InChI=1S/C19H19FN4O2/c1-24-17-12(11-21-19(23-17)22-14-6-2-3-7-14)9-16(18(24)25)26-15-8-4-5-13(20)10-15/h4-5,8-11,14H,2-3,6-7H2,1H3,(H,21,22,23). The average molecular weight is 354 g/mol. The summed E-state index contributed by atoms with van der Waals surface area (Å²) >= 11 is 0. The van der Waals surface area contributed by atoms with Crippen molar-refractivity contribution < 1.29 is 9.13 Å². The van der Waals surface area contributed by atoms with Gasteiger partial charge < -0.3 is 10.1 Å². The number of halogens is 1. The number of aryl methyl sites for hydroxylation is 1. The smallest absolute Gasteiger partial charge is 0.294 e. The maximum absolute atomic E-state index is 13.3. The predicted molar refractivity (Wildman–Crippen MR) is 97.1 cm³/mol. The van der Waals surface area contributed by atoms with Crippen LogP contribution < -0.4 is 15.6 Å². The van der Waals surface area contributed by atoms with Crippen molar-refractivity contribution in [3.63, 3.8) is 0 Å². The number of pyridine rings is 1. The van der Waals surface area contributed by atoms with Crippen molar-refractivity contribution in [3.05, 3.63) is 52.7 Å². The summed E-state index contributed by atoms with van der Waals surface area (Å²) < 4.78 is 20.3. The molecule has 2 aromatic heterocycles. The molecule has 0 radical (unpaired) electrons. The summed E-state index contributed by atoms with van der Waals surface area (Å²) in [4.78, 5) is 21.4. The summed E-state index contributed by atoms with van der Waals surface area (Å²) in [5.74, 6) is 0.469.